The summed E-state index contributed by atoms with van der Waals surface area (Å²) in [5.74, 6) is -2.62. The van der Waals surface area contributed by atoms with Crippen LogP contribution >= 0.6 is 11.6 Å². The number of aliphatic carboxylic acids is 1. The summed E-state index contributed by atoms with van der Waals surface area (Å²) in [5.41, 5.74) is -0.162. The molecular weight excluding hydrogens is 289 g/mol. The first-order chi connectivity index (χ1) is 8.69. The third kappa shape index (κ3) is 5.12. The highest BCUT2D eigenvalue weighted by molar-refractivity contribution is 6.29. The highest BCUT2D eigenvalue weighted by Crippen LogP contribution is 2.18. The number of carboxylic acids is 1. The van der Waals surface area contributed by atoms with Crippen LogP contribution in [0.15, 0.2) is 18.3 Å². The molecule has 1 heterocycles. The molecule has 104 valence electrons. The van der Waals surface area contributed by atoms with E-state index < -0.39 is 31.1 Å². The molecule has 1 amide bonds. The Morgan fingerprint density at radius 1 is 1.42 bits per heavy atom. The van der Waals surface area contributed by atoms with Gasteiger partial charge in [-0.3, -0.25) is 9.59 Å². The van der Waals surface area contributed by atoms with Crippen molar-refractivity contribution in [3.63, 3.8) is 0 Å². The van der Waals surface area contributed by atoms with Crippen LogP contribution in [0.2, 0.25) is 5.15 Å². The second-order valence-corrected chi connectivity index (χ2v) is 3.92. The van der Waals surface area contributed by atoms with Crippen LogP contribution in [0.25, 0.3) is 0 Å². The van der Waals surface area contributed by atoms with Gasteiger partial charge in [-0.05, 0) is 12.1 Å². The summed E-state index contributed by atoms with van der Waals surface area (Å²) >= 11 is 5.51. The number of pyridine rings is 1. The number of alkyl halides is 3. The number of nitrogens with zero attached hydrogens (tertiary/aromatic N) is 2. The smallest absolute Gasteiger partial charge is 0.406 e. The Balaban J connectivity index is 2.97. The molecule has 1 aromatic heterocycles. The minimum atomic E-state index is -4.69. The molecule has 0 aliphatic heterocycles. The molecule has 19 heavy (non-hydrogen) atoms. The fraction of sp³-hybridized carbons (Fsp3) is 0.300. The van der Waals surface area contributed by atoms with E-state index in [9.17, 15) is 22.8 Å². The van der Waals surface area contributed by atoms with Crippen LogP contribution in [0.5, 0.6) is 0 Å². The maximum Gasteiger partial charge on any atom is 0.406 e. The zero-order valence-electron chi connectivity index (χ0n) is 9.32. The zero-order valence-corrected chi connectivity index (χ0v) is 10.1. The molecule has 9 heteroatoms. The summed E-state index contributed by atoms with van der Waals surface area (Å²) in [6.45, 7) is -2.71. The van der Waals surface area contributed by atoms with Gasteiger partial charge in [-0.25, -0.2) is 4.98 Å². The molecule has 0 aliphatic carbocycles. The van der Waals surface area contributed by atoms with Crippen LogP contribution in [0.3, 0.4) is 0 Å². The number of carbonyl (C=O) groups excluding carboxylic acids is 1. The summed E-state index contributed by atoms with van der Waals surface area (Å²) in [6, 6.07) is 2.22. The van der Waals surface area contributed by atoms with Crippen molar-refractivity contribution >= 4 is 23.5 Å². The maximum atomic E-state index is 12.3. The van der Waals surface area contributed by atoms with Crippen LogP contribution in [0.1, 0.15) is 10.4 Å². The van der Waals surface area contributed by atoms with E-state index in [4.69, 9.17) is 16.7 Å². The topological polar surface area (TPSA) is 70.5 Å². The summed E-state index contributed by atoms with van der Waals surface area (Å²) in [6.07, 6.45) is -3.55. The molecule has 0 bridgehead atoms. The van der Waals surface area contributed by atoms with Crippen LogP contribution < -0.4 is 0 Å². The van der Waals surface area contributed by atoms with Crippen molar-refractivity contribution in [1.29, 1.82) is 0 Å². The molecule has 0 unspecified atom stereocenters. The number of halogens is 4. The van der Waals surface area contributed by atoms with Crippen molar-refractivity contribution in [3.8, 4) is 0 Å². The average molecular weight is 297 g/mol. The van der Waals surface area contributed by atoms with Crippen molar-refractivity contribution in [3.05, 3.63) is 29.0 Å². The molecule has 0 atom stereocenters. The lowest BCUT2D eigenvalue weighted by molar-refractivity contribution is -0.149. The van der Waals surface area contributed by atoms with Crippen LogP contribution in [-0.2, 0) is 4.79 Å². The molecule has 1 N–H and O–H groups in total. The second kappa shape index (κ2) is 5.87. The Morgan fingerprint density at radius 3 is 2.53 bits per heavy atom. The Bertz CT molecular complexity index is 493. The molecule has 0 spiro atoms. The molecule has 1 aromatic rings. The van der Waals surface area contributed by atoms with Gasteiger partial charge in [-0.1, -0.05) is 11.6 Å². The predicted octanol–water partition coefficient (Wildman–Crippen LogP) is 1.82. The fourth-order valence-electron chi connectivity index (χ4n) is 1.30. The summed E-state index contributed by atoms with van der Waals surface area (Å²) < 4.78 is 36.9. The number of carbonyl (C=O) groups is 2. The molecular formula is C10H8ClF3N2O3. The van der Waals surface area contributed by atoms with E-state index in [0.717, 1.165) is 18.3 Å². The third-order valence-corrected chi connectivity index (χ3v) is 2.16. The normalized spacial score (nSPS) is 11.2. The fourth-order valence-corrected chi connectivity index (χ4v) is 1.47. The lowest BCUT2D eigenvalue weighted by Gasteiger charge is -2.22. The van der Waals surface area contributed by atoms with Gasteiger partial charge in [0.1, 0.15) is 18.2 Å². The number of aromatic nitrogens is 1. The lowest BCUT2D eigenvalue weighted by Crippen LogP contribution is -2.42. The van der Waals surface area contributed by atoms with E-state index in [-0.39, 0.29) is 15.6 Å². The Labute approximate surface area is 110 Å². The van der Waals surface area contributed by atoms with E-state index in [1.54, 1.807) is 0 Å². The largest absolute Gasteiger partial charge is 0.480 e. The van der Waals surface area contributed by atoms with Gasteiger partial charge in [0.2, 0.25) is 0 Å². The monoisotopic (exact) mass is 296 g/mol. The van der Waals surface area contributed by atoms with E-state index >= 15 is 0 Å². The van der Waals surface area contributed by atoms with E-state index in [1.807, 2.05) is 0 Å². The molecule has 0 fully saturated rings. The van der Waals surface area contributed by atoms with Crippen molar-refractivity contribution in [2.45, 2.75) is 6.18 Å². The molecule has 0 aliphatic rings. The van der Waals surface area contributed by atoms with Gasteiger partial charge in [0, 0.05) is 11.8 Å². The number of hydrogen-bond acceptors (Lipinski definition) is 3. The van der Waals surface area contributed by atoms with Crippen molar-refractivity contribution < 1.29 is 27.9 Å². The first kappa shape index (κ1) is 15.2. The average Bonchev–Trinajstić information content (AvgIpc) is 2.24. The first-order valence-corrected chi connectivity index (χ1v) is 5.26. The third-order valence-electron chi connectivity index (χ3n) is 1.96. The number of rotatable bonds is 4. The van der Waals surface area contributed by atoms with Crippen molar-refractivity contribution in [2.75, 3.05) is 13.1 Å². The second-order valence-electron chi connectivity index (χ2n) is 3.54. The molecule has 0 aromatic carbocycles. The molecule has 5 nitrogen and oxygen atoms in total. The predicted molar refractivity (Wildman–Crippen MR) is 58.8 cm³/mol. The summed E-state index contributed by atoms with van der Waals surface area (Å²) in [7, 11) is 0. The summed E-state index contributed by atoms with van der Waals surface area (Å²) in [4.78, 5) is 26.0. The van der Waals surface area contributed by atoms with Crippen LogP contribution in [-0.4, -0.2) is 46.1 Å². The maximum absolute atomic E-state index is 12.3. The lowest BCUT2D eigenvalue weighted by atomic mass is 10.2. The Kier molecular flexibility index (Phi) is 4.71. The summed E-state index contributed by atoms with van der Waals surface area (Å²) in [5, 5.41) is 8.46. The minimum Gasteiger partial charge on any atom is -0.480 e. The highest BCUT2D eigenvalue weighted by atomic mass is 35.5. The minimum absolute atomic E-state index is 0.0758. The molecule has 0 saturated heterocycles. The first-order valence-electron chi connectivity index (χ1n) is 4.88. The Morgan fingerprint density at radius 2 is 2.05 bits per heavy atom. The number of hydrogen-bond donors (Lipinski definition) is 1. The van der Waals surface area contributed by atoms with Gasteiger partial charge in [-0.2, -0.15) is 13.2 Å². The van der Waals surface area contributed by atoms with Crippen LogP contribution in [0.4, 0.5) is 13.2 Å². The van der Waals surface area contributed by atoms with E-state index in [1.165, 1.54) is 0 Å². The quantitative estimate of drug-likeness (QED) is 0.861. The van der Waals surface area contributed by atoms with Gasteiger partial charge >= 0.3 is 12.1 Å². The SMILES string of the molecule is O=C(O)CN(CC(F)(F)F)C(=O)c1ccnc(Cl)c1. The van der Waals surface area contributed by atoms with Gasteiger partial charge in [0.05, 0.1) is 0 Å². The highest BCUT2D eigenvalue weighted by Gasteiger charge is 2.34. The van der Waals surface area contributed by atoms with Gasteiger partial charge in [0.15, 0.2) is 0 Å². The number of amides is 1. The Hall–Kier alpha value is -1.83. The molecule has 1 rings (SSSR count). The molecule has 0 saturated carbocycles. The van der Waals surface area contributed by atoms with Crippen molar-refractivity contribution in [2.24, 2.45) is 0 Å². The van der Waals surface area contributed by atoms with Crippen molar-refractivity contribution in [1.82, 2.24) is 9.88 Å². The van der Waals surface area contributed by atoms with E-state index in [2.05, 4.69) is 4.98 Å². The zero-order chi connectivity index (χ0) is 14.6. The van der Waals surface area contributed by atoms with Gasteiger partial charge in [-0.15, -0.1) is 0 Å². The van der Waals surface area contributed by atoms with E-state index in [0.29, 0.717) is 0 Å². The number of carboxylic acid groups (broad SMARTS) is 1. The van der Waals surface area contributed by atoms with Crippen LogP contribution in [0, 0.1) is 0 Å². The molecule has 0 radical (unpaired) electrons. The van der Waals surface area contributed by atoms with Gasteiger partial charge in [0.25, 0.3) is 5.91 Å². The van der Waals surface area contributed by atoms with Gasteiger partial charge < -0.3 is 10.0 Å². The standard InChI is InChI=1S/C10H8ClF3N2O3/c11-7-3-6(1-2-15-7)9(19)16(4-8(17)18)5-10(12,13)14/h1-3H,4-5H2,(H,17,18).